The van der Waals surface area contributed by atoms with Gasteiger partial charge in [0, 0.05) is 5.56 Å². The molecule has 0 aliphatic carbocycles. The summed E-state index contributed by atoms with van der Waals surface area (Å²) in [5.74, 6) is 0.460. The zero-order valence-corrected chi connectivity index (χ0v) is 18.1. The van der Waals surface area contributed by atoms with Crippen LogP contribution in [-0.2, 0) is 0 Å². The molecule has 0 atom stereocenters. The molecule has 0 fully saturated rings. The van der Waals surface area contributed by atoms with Gasteiger partial charge in [0.2, 0.25) is 0 Å². The summed E-state index contributed by atoms with van der Waals surface area (Å²) < 4.78 is 10.5. The molecule has 0 unspecified atom stereocenters. The molecule has 4 heteroatoms. The van der Waals surface area contributed by atoms with Crippen LogP contribution in [0.4, 0.5) is 0 Å². The minimum atomic E-state index is -0.466. The highest BCUT2D eigenvalue weighted by molar-refractivity contribution is 6.07. The minimum Gasteiger partial charge on any atom is -0.497 e. The lowest BCUT2D eigenvalue weighted by molar-refractivity contribution is 0.0734. The first kappa shape index (κ1) is 21.8. The molecule has 0 amide bonds. The number of hydrogen-bond acceptors (Lipinski definition) is 4. The summed E-state index contributed by atoms with van der Waals surface area (Å²) in [4.78, 5) is 24.8. The molecule has 4 aromatic carbocycles. The van der Waals surface area contributed by atoms with Gasteiger partial charge >= 0.3 is 5.97 Å². The van der Waals surface area contributed by atoms with Crippen molar-refractivity contribution in [1.29, 1.82) is 0 Å². The van der Waals surface area contributed by atoms with Gasteiger partial charge in [-0.15, -0.1) is 0 Å². The molecule has 4 nitrogen and oxygen atoms in total. The Kier molecular flexibility index (Phi) is 6.76. The van der Waals surface area contributed by atoms with Gasteiger partial charge in [0.1, 0.15) is 11.5 Å². The van der Waals surface area contributed by atoms with Crippen LogP contribution in [0, 0.1) is 0 Å². The molecule has 0 aliphatic heterocycles. The van der Waals surface area contributed by atoms with E-state index in [0.717, 1.165) is 16.7 Å². The number of rotatable bonds is 7. The maximum atomic E-state index is 12.5. The first-order valence-electron chi connectivity index (χ1n) is 10.5. The zero-order chi connectivity index (χ0) is 23.0. The Morgan fingerprint density at radius 2 is 1.36 bits per heavy atom. The fourth-order valence-corrected chi connectivity index (χ4v) is 3.29. The molecular formula is C29H22O4. The fourth-order valence-electron chi connectivity index (χ4n) is 3.29. The molecule has 4 rings (SSSR count). The van der Waals surface area contributed by atoms with Gasteiger partial charge in [0.15, 0.2) is 5.78 Å². The van der Waals surface area contributed by atoms with Crippen LogP contribution >= 0.6 is 0 Å². The number of methoxy groups -OCH3 is 1. The zero-order valence-electron chi connectivity index (χ0n) is 18.1. The molecule has 162 valence electrons. The van der Waals surface area contributed by atoms with Crippen molar-refractivity contribution in [2.24, 2.45) is 0 Å². The Hall–Kier alpha value is -4.44. The van der Waals surface area contributed by atoms with Gasteiger partial charge < -0.3 is 9.47 Å². The van der Waals surface area contributed by atoms with E-state index in [1.807, 2.05) is 54.6 Å². The van der Waals surface area contributed by atoms with Gasteiger partial charge in [-0.05, 0) is 53.1 Å². The predicted molar refractivity (Wildman–Crippen MR) is 130 cm³/mol. The van der Waals surface area contributed by atoms with Gasteiger partial charge in [-0.1, -0.05) is 78.9 Å². The van der Waals surface area contributed by atoms with Crippen molar-refractivity contribution in [1.82, 2.24) is 0 Å². The van der Waals surface area contributed by atoms with Crippen LogP contribution in [0.1, 0.15) is 26.3 Å². The molecule has 0 spiro atoms. The van der Waals surface area contributed by atoms with Crippen LogP contribution in [-0.4, -0.2) is 18.9 Å². The number of carbonyl (C=O) groups is 2. The molecule has 0 aromatic heterocycles. The normalized spacial score (nSPS) is 10.7. The highest BCUT2D eigenvalue weighted by Crippen LogP contribution is 2.20. The van der Waals surface area contributed by atoms with E-state index in [1.165, 1.54) is 6.08 Å². The lowest BCUT2D eigenvalue weighted by Gasteiger charge is -2.06. The minimum absolute atomic E-state index is 0.0804. The summed E-state index contributed by atoms with van der Waals surface area (Å²) in [6, 6.07) is 31.3. The maximum Gasteiger partial charge on any atom is 0.343 e. The molecule has 4 aromatic rings. The molecule has 0 radical (unpaired) electrons. The first-order chi connectivity index (χ1) is 16.1. The van der Waals surface area contributed by atoms with Gasteiger partial charge in [0.25, 0.3) is 0 Å². The summed E-state index contributed by atoms with van der Waals surface area (Å²) in [5.41, 5.74) is 4.02. The fraction of sp³-hybridized carbons (Fsp3) is 0.0345. The largest absolute Gasteiger partial charge is 0.497 e. The third kappa shape index (κ3) is 5.63. The molecular weight excluding hydrogens is 412 g/mol. The van der Waals surface area contributed by atoms with Gasteiger partial charge in [-0.2, -0.15) is 0 Å². The Bertz CT molecular complexity index is 1270. The predicted octanol–water partition coefficient (Wildman–Crippen LogP) is 6.48. The average Bonchev–Trinajstić information content (AvgIpc) is 2.88. The van der Waals surface area contributed by atoms with E-state index in [2.05, 4.69) is 0 Å². The summed E-state index contributed by atoms with van der Waals surface area (Å²) in [6.07, 6.45) is 3.27. The van der Waals surface area contributed by atoms with E-state index in [-0.39, 0.29) is 5.78 Å². The monoisotopic (exact) mass is 434 g/mol. The number of benzene rings is 4. The summed E-state index contributed by atoms with van der Waals surface area (Å²) in [5, 5.41) is 0. The van der Waals surface area contributed by atoms with E-state index in [1.54, 1.807) is 61.7 Å². The number of hydrogen-bond donors (Lipinski definition) is 0. The molecule has 0 bridgehead atoms. The quantitative estimate of drug-likeness (QED) is 0.145. The van der Waals surface area contributed by atoms with E-state index in [0.29, 0.717) is 22.6 Å². The van der Waals surface area contributed by atoms with Gasteiger partial charge in [-0.3, -0.25) is 4.79 Å². The smallest absolute Gasteiger partial charge is 0.343 e. The molecule has 0 aliphatic rings. The number of esters is 1. The standard InChI is InChI=1S/C29H22O4/c1-32-27-9-5-8-25(20-27)29(31)33-26-17-10-21(11-18-26)12-19-28(30)24-15-13-23(14-16-24)22-6-3-2-4-7-22/h2-20H,1H3/b19-12+. The van der Waals surface area contributed by atoms with E-state index in [9.17, 15) is 9.59 Å². The van der Waals surface area contributed by atoms with Crippen molar-refractivity contribution >= 4 is 17.8 Å². The Labute approximate surface area is 192 Å². The molecule has 0 N–H and O–H groups in total. The van der Waals surface area contributed by atoms with Crippen LogP contribution in [0.5, 0.6) is 11.5 Å². The highest BCUT2D eigenvalue weighted by Gasteiger charge is 2.09. The topological polar surface area (TPSA) is 52.6 Å². The lowest BCUT2D eigenvalue weighted by Crippen LogP contribution is -2.08. The second-order valence-electron chi connectivity index (χ2n) is 7.33. The van der Waals surface area contributed by atoms with E-state index < -0.39 is 5.97 Å². The Morgan fingerprint density at radius 1 is 0.667 bits per heavy atom. The summed E-state index contributed by atoms with van der Waals surface area (Å²) in [6.45, 7) is 0. The molecule has 33 heavy (non-hydrogen) atoms. The molecule has 0 heterocycles. The molecule has 0 saturated heterocycles. The number of carbonyl (C=O) groups excluding carboxylic acids is 2. The second-order valence-corrected chi connectivity index (χ2v) is 7.33. The number of ketones is 1. The SMILES string of the molecule is COc1cccc(C(=O)Oc2ccc(/C=C/C(=O)c3ccc(-c4ccccc4)cc3)cc2)c1. The van der Waals surface area contributed by atoms with Crippen LogP contribution in [0.2, 0.25) is 0 Å². The average molecular weight is 434 g/mol. The third-order valence-electron chi connectivity index (χ3n) is 5.10. The van der Waals surface area contributed by atoms with Gasteiger partial charge in [0.05, 0.1) is 12.7 Å². The van der Waals surface area contributed by atoms with E-state index >= 15 is 0 Å². The van der Waals surface area contributed by atoms with Crippen LogP contribution in [0.3, 0.4) is 0 Å². The number of allylic oxidation sites excluding steroid dienone is 1. The van der Waals surface area contributed by atoms with Crippen molar-refractivity contribution < 1.29 is 19.1 Å². The van der Waals surface area contributed by atoms with Crippen molar-refractivity contribution in [2.75, 3.05) is 7.11 Å². The number of ether oxygens (including phenoxy) is 2. The molecule has 0 saturated carbocycles. The van der Waals surface area contributed by atoms with E-state index in [4.69, 9.17) is 9.47 Å². The first-order valence-corrected chi connectivity index (χ1v) is 10.5. The lowest BCUT2D eigenvalue weighted by atomic mass is 10.0. The van der Waals surface area contributed by atoms with Gasteiger partial charge in [-0.25, -0.2) is 4.79 Å². The van der Waals surface area contributed by atoms with Crippen molar-refractivity contribution in [3.05, 3.63) is 126 Å². The van der Waals surface area contributed by atoms with Crippen molar-refractivity contribution in [3.63, 3.8) is 0 Å². The van der Waals surface area contributed by atoms with Crippen LogP contribution < -0.4 is 9.47 Å². The highest BCUT2D eigenvalue weighted by atomic mass is 16.5. The van der Waals surface area contributed by atoms with Crippen LogP contribution in [0.25, 0.3) is 17.2 Å². The van der Waals surface area contributed by atoms with Crippen molar-refractivity contribution in [2.45, 2.75) is 0 Å². The van der Waals surface area contributed by atoms with Crippen LogP contribution in [0.15, 0.2) is 109 Å². The van der Waals surface area contributed by atoms with Crippen molar-refractivity contribution in [3.8, 4) is 22.6 Å². The second kappa shape index (κ2) is 10.2. The Balaban J connectivity index is 1.37. The maximum absolute atomic E-state index is 12.5. The summed E-state index contributed by atoms with van der Waals surface area (Å²) >= 11 is 0. The summed E-state index contributed by atoms with van der Waals surface area (Å²) in [7, 11) is 1.54. The Morgan fingerprint density at radius 3 is 2.06 bits per heavy atom. The third-order valence-corrected chi connectivity index (χ3v) is 5.10.